The Morgan fingerprint density at radius 2 is 1.82 bits per heavy atom. The Morgan fingerprint density at radius 1 is 1.13 bits per heavy atom. The van der Waals surface area contributed by atoms with Crippen LogP contribution in [0.1, 0.15) is 60.6 Å². The van der Waals surface area contributed by atoms with Crippen LogP contribution in [0.4, 0.5) is 18.9 Å². The molecule has 1 saturated carbocycles. The standard InChI is InChI=1S/C26H30F3N5O4S/c1-38-19-10-13-33(14-11-19)21-16-20(25(35)32-39(36,37)15-12-26(27,28)29)30-24-22(21)23(17-6-5-7-17)31-34(24)18-8-3-2-4-9-18/h2-4,8-9,16-17,19H,5-7,10-15H2,1H3,(H,32,35). The molecule has 2 aromatic heterocycles. The third-order valence-corrected chi connectivity index (χ3v) is 8.63. The number of benzene rings is 1. The minimum Gasteiger partial charge on any atom is -0.381 e. The summed E-state index contributed by atoms with van der Waals surface area (Å²) < 4.78 is 71.4. The molecular weight excluding hydrogens is 535 g/mol. The van der Waals surface area contributed by atoms with Crippen LogP contribution < -0.4 is 9.62 Å². The molecule has 1 aliphatic heterocycles. The van der Waals surface area contributed by atoms with Crippen LogP contribution in [0.3, 0.4) is 0 Å². The number of anilines is 1. The van der Waals surface area contributed by atoms with Crippen molar-refractivity contribution in [1.29, 1.82) is 0 Å². The third kappa shape index (κ3) is 6.03. The number of hydrogen-bond donors (Lipinski definition) is 1. The van der Waals surface area contributed by atoms with Gasteiger partial charge in [0, 0.05) is 26.1 Å². The number of pyridine rings is 1. The van der Waals surface area contributed by atoms with Crippen molar-refractivity contribution in [1.82, 2.24) is 19.5 Å². The number of sulfonamides is 1. The topological polar surface area (TPSA) is 106 Å². The van der Waals surface area contributed by atoms with Crippen LogP contribution >= 0.6 is 0 Å². The Balaban J connectivity index is 1.61. The van der Waals surface area contributed by atoms with Crippen molar-refractivity contribution in [3.05, 3.63) is 47.8 Å². The lowest BCUT2D eigenvalue weighted by Gasteiger charge is -2.34. The minimum atomic E-state index is -4.67. The number of hydrogen-bond acceptors (Lipinski definition) is 7. The summed E-state index contributed by atoms with van der Waals surface area (Å²) >= 11 is 0. The lowest BCUT2D eigenvalue weighted by molar-refractivity contribution is -0.130. The van der Waals surface area contributed by atoms with Crippen LogP contribution in [-0.4, -0.2) is 67.3 Å². The van der Waals surface area contributed by atoms with E-state index in [1.54, 1.807) is 16.5 Å². The normalized spacial score (nSPS) is 17.4. The first kappa shape index (κ1) is 27.4. The number of alkyl halides is 3. The van der Waals surface area contributed by atoms with Gasteiger partial charge in [-0.2, -0.15) is 18.3 Å². The molecule has 1 amide bonds. The summed E-state index contributed by atoms with van der Waals surface area (Å²) in [6.45, 7) is 1.28. The molecule has 9 nitrogen and oxygen atoms in total. The summed E-state index contributed by atoms with van der Waals surface area (Å²) in [6, 6.07) is 10.8. The van der Waals surface area contributed by atoms with Crippen LogP contribution in [0.25, 0.3) is 16.7 Å². The van der Waals surface area contributed by atoms with E-state index in [9.17, 15) is 26.4 Å². The zero-order valence-corrected chi connectivity index (χ0v) is 22.3. The second kappa shape index (κ2) is 10.8. The first-order chi connectivity index (χ1) is 18.5. The van der Waals surface area contributed by atoms with Crippen molar-refractivity contribution >= 4 is 32.7 Å². The third-order valence-electron chi connectivity index (χ3n) is 7.39. The van der Waals surface area contributed by atoms with Crippen molar-refractivity contribution in [3.8, 4) is 5.69 Å². The molecule has 3 aromatic rings. The minimum absolute atomic E-state index is 0.110. The number of methoxy groups -OCH3 is 1. The number of aromatic nitrogens is 3. The van der Waals surface area contributed by atoms with Gasteiger partial charge in [0.2, 0.25) is 10.0 Å². The van der Waals surface area contributed by atoms with Gasteiger partial charge in [0.05, 0.1) is 40.7 Å². The molecule has 2 aliphatic rings. The summed E-state index contributed by atoms with van der Waals surface area (Å²) in [5.74, 6) is -2.11. The van der Waals surface area contributed by atoms with Gasteiger partial charge in [-0.25, -0.2) is 22.8 Å². The molecule has 0 unspecified atom stereocenters. The molecule has 0 spiro atoms. The monoisotopic (exact) mass is 565 g/mol. The predicted molar refractivity (Wildman–Crippen MR) is 140 cm³/mol. The van der Waals surface area contributed by atoms with E-state index in [0.717, 1.165) is 48.9 Å². The fourth-order valence-electron chi connectivity index (χ4n) is 5.03. The summed E-state index contributed by atoms with van der Waals surface area (Å²) in [5, 5.41) is 5.73. The summed E-state index contributed by atoms with van der Waals surface area (Å²) in [4.78, 5) is 19.8. The highest BCUT2D eigenvalue weighted by Gasteiger charge is 2.33. The lowest BCUT2D eigenvalue weighted by Crippen LogP contribution is -2.37. The highest BCUT2D eigenvalue weighted by Crippen LogP contribution is 2.43. The number of halogens is 3. The highest BCUT2D eigenvalue weighted by atomic mass is 32.2. The van der Waals surface area contributed by atoms with Crippen molar-refractivity contribution in [3.63, 3.8) is 0 Å². The van der Waals surface area contributed by atoms with Gasteiger partial charge in [-0.3, -0.25) is 4.79 Å². The zero-order chi connectivity index (χ0) is 27.8. The molecule has 0 atom stereocenters. The van der Waals surface area contributed by atoms with E-state index >= 15 is 0 Å². The highest BCUT2D eigenvalue weighted by molar-refractivity contribution is 7.90. The Bertz CT molecular complexity index is 1450. The molecule has 1 aliphatic carbocycles. The van der Waals surface area contributed by atoms with Gasteiger partial charge in [-0.1, -0.05) is 24.6 Å². The van der Waals surface area contributed by atoms with Crippen molar-refractivity contribution in [2.24, 2.45) is 0 Å². The molecule has 3 heterocycles. The van der Waals surface area contributed by atoms with Crippen molar-refractivity contribution < 1.29 is 31.1 Å². The Kier molecular flexibility index (Phi) is 7.55. The molecule has 2 fully saturated rings. The molecule has 1 N–H and O–H groups in total. The molecule has 0 radical (unpaired) electrons. The van der Waals surface area contributed by atoms with Crippen LogP contribution in [0.5, 0.6) is 0 Å². The van der Waals surface area contributed by atoms with E-state index in [0.29, 0.717) is 24.4 Å². The molecule has 1 saturated heterocycles. The zero-order valence-electron chi connectivity index (χ0n) is 21.4. The second-order valence-electron chi connectivity index (χ2n) is 10.0. The Labute approximate surface area is 224 Å². The van der Waals surface area contributed by atoms with Gasteiger partial charge in [-0.05, 0) is 43.9 Å². The summed E-state index contributed by atoms with van der Waals surface area (Å²) in [7, 11) is -2.87. The Hall–Kier alpha value is -3.19. The number of ether oxygens (including phenoxy) is 1. The van der Waals surface area contributed by atoms with Crippen molar-refractivity contribution in [2.75, 3.05) is 30.9 Å². The first-order valence-corrected chi connectivity index (χ1v) is 14.6. The number of nitrogens with zero attached hydrogens (tertiary/aromatic N) is 4. The molecule has 39 heavy (non-hydrogen) atoms. The van der Waals surface area contributed by atoms with Gasteiger partial charge in [-0.15, -0.1) is 0 Å². The van der Waals surface area contributed by atoms with Crippen LogP contribution in [0.15, 0.2) is 36.4 Å². The van der Waals surface area contributed by atoms with E-state index in [-0.39, 0.29) is 17.7 Å². The number of para-hydroxylation sites is 1. The maximum Gasteiger partial charge on any atom is 0.390 e. The Morgan fingerprint density at radius 3 is 2.41 bits per heavy atom. The number of piperidine rings is 1. The molecule has 0 bridgehead atoms. The number of rotatable bonds is 8. The number of nitrogens with one attached hydrogen (secondary N) is 1. The molecule has 13 heteroatoms. The van der Waals surface area contributed by atoms with Gasteiger partial charge in [0.1, 0.15) is 5.69 Å². The van der Waals surface area contributed by atoms with E-state index in [1.807, 2.05) is 30.3 Å². The van der Waals surface area contributed by atoms with Gasteiger partial charge < -0.3 is 9.64 Å². The van der Waals surface area contributed by atoms with Gasteiger partial charge >= 0.3 is 6.18 Å². The average Bonchev–Trinajstić information content (AvgIpc) is 3.25. The van der Waals surface area contributed by atoms with E-state index in [2.05, 4.69) is 9.88 Å². The van der Waals surface area contributed by atoms with E-state index in [4.69, 9.17) is 9.84 Å². The second-order valence-corrected chi connectivity index (χ2v) is 11.9. The van der Waals surface area contributed by atoms with E-state index in [1.165, 1.54) is 6.07 Å². The summed E-state index contributed by atoms with van der Waals surface area (Å²) in [6.07, 6.45) is -1.55. The maximum absolute atomic E-state index is 13.1. The summed E-state index contributed by atoms with van der Waals surface area (Å²) in [5.41, 5.74) is 2.49. The number of amides is 1. The van der Waals surface area contributed by atoms with Crippen LogP contribution in [0.2, 0.25) is 0 Å². The van der Waals surface area contributed by atoms with Crippen LogP contribution in [0, 0.1) is 0 Å². The average molecular weight is 566 g/mol. The fourth-order valence-corrected chi connectivity index (χ4v) is 6.02. The van der Waals surface area contributed by atoms with Crippen LogP contribution in [-0.2, 0) is 14.8 Å². The quantitative estimate of drug-likeness (QED) is 0.434. The number of carbonyl (C=O) groups is 1. The molecule has 1 aromatic carbocycles. The molecule has 210 valence electrons. The number of fused-ring (bicyclic) bond motifs is 1. The largest absolute Gasteiger partial charge is 0.390 e. The van der Waals surface area contributed by atoms with Gasteiger partial charge in [0.15, 0.2) is 5.65 Å². The number of carbonyl (C=O) groups excluding carboxylic acids is 1. The predicted octanol–water partition coefficient (Wildman–Crippen LogP) is 4.32. The SMILES string of the molecule is COC1CCN(c2cc(C(=O)NS(=O)(=O)CCC(F)(F)F)nc3c2c(C2CCC2)nn3-c2ccccc2)CC1. The van der Waals surface area contributed by atoms with E-state index < -0.39 is 34.3 Å². The lowest BCUT2D eigenvalue weighted by atomic mass is 9.82. The first-order valence-electron chi connectivity index (χ1n) is 12.9. The fraction of sp³-hybridized carbons (Fsp3) is 0.500. The smallest absolute Gasteiger partial charge is 0.381 e. The van der Waals surface area contributed by atoms with Gasteiger partial charge in [0.25, 0.3) is 5.91 Å². The van der Waals surface area contributed by atoms with Crippen molar-refractivity contribution in [2.45, 2.75) is 56.7 Å². The molecular formula is C26H30F3N5O4S. The maximum atomic E-state index is 13.1. The molecule has 5 rings (SSSR count).